The van der Waals surface area contributed by atoms with Gasteiger partial charge in [-0.25, -0.2) is 0 Å². The molecule has 0 saturated heterocycles. The van der Waals surface area contributed by atoms with Crippen molar-refractivity contribution in [2.75, 3.05) is 5.32 Å². The first kappa shape index (κ1) is 18.7. The summed E-state index contributed by atoms with van der Waals surface area (Å²) in [5.74, 6) is -0.121. The van der Waals surface area contributed by atoms with Crippen LogP contribution in [0, 0.1) is 0 Å². The molecule has 0 fully saturated rings. The van der Waals surface area contributed by atoms with Crippen molar-refractivity contribution in [3.05, 3.63) is 83.7 Å². The van der Waals surface area contributed by atoms with E-state index in [0.717, 1.165) is 16.9 Å². The van der Waals surface area contributed by atoms with Crippen molar-refractivity contribution in [2.24, 2.45) is 0 Å². The Labute approximate surface area is 164 Å². The van der Waals surface area contributed by atoms with Crippen LogP contribution in [-0.4, -0.2) is 19.8 Å². The maximum atomic E-state index is 13.0. The lowest BCUT2D eigenvalue weighted by atomic mass is 10.1. The highest BCUT2D eigenvalue weighted by atomic mass is 19.4. The van der Waals surface area contributed by atoms with Gasteiger partial charge < -0.3 is 10.1 Å². The minimum Gasteiger partial charge on any atom is -0.489 e. The standard InChI is InChI=1S/C20H16F3N5O/c21-20(22,23)19-26-25-18-11-10-17(27-28(18)19)24-12-14-6-4-5-7-15(14)13-29-16-8-2-1-3-9-16/h1-11H,12-13H2,(H,24,27). The quantitative estimate of drug-likeness (QED) is 0.523. The number of anilines is 1. The highest BCUT2D eigenvalue weighted by molar-refractivity contribution is 5.45. The molecule has 0 saturated carbocycles. The SMILES string of the molecule is FC(F)(F)c1nnc2ccc(NCc3ccccc3COc3ccccc3)nn12. The van der Waals surface area contributed by atoms with Crippen LogP contribution in [0.2, 0.25) is 0 Å². The third-order valence-electron chi connectivity index (χ3n) is 4.23. The van der Waals surface area contributed by atoms with E-state index in [4.69, 9.17) is 4.74 Å². The monoisotopic (exact) mass is 399 g/mol. The van der Waals surface area contributed by atoms with E-state index in [9.17, 15) is 13.2 Å². The molecule has 0 aliphatic heterocycles. The Balaban J connectivity index is 1.49. The molecule has 2 heterocycles. The van der Waals surface area contributed by atoms with Gasteiger partial charge in [0, 0.05) is 6.54 Å². The molecule has 0 unspecified atom stereocenters. The molecular weight excluding hydrogens is 383 g/mol. The minimum absolute atomic E-state index is 0.0273. The molecule has 0 atom stereocenters. The summed E-state index contributed by atoms with van der Waals surface area (Å²) in [6.07, 6.45) is -4.63. The number of hydrogen-bond acceptors (Lipinski definition) is 5. The number of alkyl halides is 3. The molecule has 29 heavy (non-hydrogen) atoms. The van der Waals surface area contributed by atoms with E-state index in [2.05, 4.69) is 20.6 Å². The zero-order chi connectivity index (χ0) is 20.3. The minimum atomic E-state index is -4.63. The van der Waals surface area contributed by atoms with Crippen molar-refractivity contribution in [1.29, 1.82) is 0 Å². The average Bonchev–Trinajstić information content (AvgIpc) is 3.16. The van der Waals surface area contributed by atoms with Crippen LogP contribution in [0.15, 0.2) is 66.7 Å². The first-order chi connectivity index (χ1) is 14.0. The van der Waals surface area contributed by atoms with Crippen LogP contribution in [0.4, 0.5) is 19.0 Å². The lowest BCUT2D eigenvalue weighted by molar-refractivity contribution is -0.146. The second-order valence-electron chi connectivity index (χ2n) is 6.23. The molecule has 2 aromatic heterocycles. The zero-order valence-electron chi connectivity index (χ0n) is 15.1. The summed E-state index contributed by atoms with van der Waals surface area (Å²) in [5.41, 5.74) is 1.94. The van der Waals surface area contributed by atoms with Crippen molar-refractivity contribution in [1.82, 2.24) is 19.8 Å². The maximum Gasteiger partial charge on any atom is 0.453 e. The van der Waals surface area contributed by atoms with E-state index in [1.165, 1.54) is 6.07 Å². The summed E-state index contributed by atoms with van der Waals surface area (Å²) >= 11 is 0. The number of nitrogens with one attached hydrogen (secondary N) is 1. The molecule has 148 valence electrons. The molecule has 6 nitrogen and oxygen atoms in total. The second kappa shape index (κ2) is 7.78. The van der Waals surface area contributed by atoms with Crippen LogP contribution in [-0.2, 0) is 19.3 Å². The number of hydrogen-bond donors (Lipinski definition) is 1. The molecule has 4 aromatic rings. The van der Waals surface area contributed by atoms with Gasteiger partial charge in [-0.3, -0.25) is 0 Å². The van der Waals surface area contributed by atoms with Gasteiger partial charge in [0.2, 0.25) is 0 Å². The van der Waals surface area contributed by atoms with Crippen molar-refractivity contribution in [3.63, 3.8) is 0 Å². The van der Waals surface area contributed by atoms with E-state index in [1.54, 1.807) is 6.07 Å². The molecule has 0 bridgehead atoms. The number of para-hydroxylation sites is 1. The Bertz CT molecular complexity index is 1110. The first-order valence-corrected chi connectivity index (χ1v) is 8.79. The smallest absolute Gasteiger partial charge is 0.453 e. The Hall–Kier alpha value is -3.62. The third kappa shape index (κ3) is 4.29. The predicted octanol–water partition coefficient (Wildman–Crippen LogP) is 4.33. The van der Waals surface area contributed by atoms with E-state index in [0.29, 0.717) is 17.7 Å². The van der Waals surface area contributed by atoms with Crippen LogP contribution >= 0.6 is 0 Å². The fourth-order valence-electron chi connectivity index (χ4n) is 2.79. The van der Waals surface area contributed by atoms with Crippen molar-refractivity contribution in [3.8, 4) is 5.75 Å². The van der Waals surface area contributed by atoms with Gasteiger partial charge >= 0.3 is 6.18 Å². The molecule has 0 aliphatic carbocycles. The fraction of sp³-hybridized carbons (Fsp3) is 0.150. The van der Waals surface area contributed by atoms with Gasteiger partial charge in [-0.2, -0.15) is 17.7 Å². The number of halogens is 3. The summed E-state index contributed by atoms with van der Waals surface area (Å²) in [6.45, 7) is 0.744. The number of rotatable bonds is 6. The highest BCUT2D eigenvalue weighted by Gasteiger charge is 2.37. The van der Waals surface area contributed by atoms with Gasteiger partial charge in [0.15, 0.2) is 5.65 Å². The third-order valence-corrected chi connectivity index (χ3v) is 4.23. The van der Waals surface area contributed by atoms with Gasteiger partial charge in [0.1, 0.15) is 18.2 Å². The lowest BCUT2D eigenvalue weighted by Gasteiger charge is -2.12. The topological polar surface area (TPSA) is 64.3 Å². The van der Waals surface area contributed by atoms with E-state index >= 15 is 0 Å². The van der Waals surface area contributed by atoms with Crippen LogP contribution in [0.25, 0.3) is 5.65 Å². The van der Waals surface area contributed by atoms with E-state index in [-0.39, 0.29) is 11.5 Å². The number of aromatic nitrogens is 4. The number of nitrogens with zero attached hydrogens (tertiary/aromatic N) is 4. The van der Waals surface area contributed by atoms with Crippen LogP contribution in [0.1, 0.15) is 17.0 Å². The van der Waals surface area contributed by atoms with Gasteiger partial charge in [-0.05, 0) is 35.4 Å². The summed E-state index contributed by atoms with van der Waals surface area (Å²) in [7, 11) is 0. The van der Waals surface area contributed by atoms with Gasteiger partial charge in [-0.1, -0.05) is 42.5 Å². The second-order valence-corrected chi connectivity index (χ2v) is 6.23. The number of fused-ring (bicyclic) bond motifs is 1. The van der Waals surface area contributed by atoms with Gasteiger partial charge in [0.05, 0.1) is 0 Å². The van der Waals surface area contributed by atoms with Crippen LogP contribution in [0.5, 0.6) is 5.75 Å². The Morgan fingerprint density at radius 3 is 2.34 bits per heavy atom. The van der Waals surface area contributed by atoms with Crippen LogP contribution < -0.4 is 10.1 Å². The largest absolute Gasteiger partial charge is 0.489 e. The molecule has 0 spiro atoms. The van der Waals surface area contributed by atoms with E-state index < -0.39 is 12.0 Å². The molecular formula is C20H16F3N5O. The molecule has 0 aliphatic rings. The number of benzene rings is 2. The summed E-state index contributed by atoms with van der Waals surface area (Å²) < 4.78 is 45.5. The summed E-state index contributed by atoms with van der Waals surface area (Å²) in [4.78, 5) is 0. The predicted molar refractivity (Wildman–Crippen MR) is 100 cm³/mol. The van der Waals surface area contributed by atoms with Gasteiger partial charge in [0.25, 0.3) is 5.82 Å². The first-order valence-electron chi connectivity index (χ1n) is 8.79. The molecule has 0 radical (unpaired) electrons. The van der Waals surface area contributed by atoms with Crippen molar-refractivity contribution < 1.29 is 17.9 Å². The number of ether oxygens (including phenoxy) is 1. The molecule has 4 rings (SSSR count). The fourth-order valence-corrected chi connectivity index (χ4v) is 2.79. The van der Waals surface area contributed by atoms with Crippen LogP contribution in [0.3, 0.4) is 0 Å². The molecule has 9 heteroatoms. The normalized spacial score (nSPS) is 11.6. The Morgan fingerprint density at radius 1 is 0.862 bits per heavy atom. The average molecular weight is 399 g/mol. The molecule has 0 amide bonds. The lowest BCUT2D eigenvalue weighted by Crippen LogP contribution is -2.13. The Morgan fingerprint density at radius 2 is 1.59 bits per heavy atom. The van der Waals surface area contributed by atoms with Crippen molar-refractivity contribution in [2.45, 2.75) is 19.3 Å². The molecule has 1 N–H and O–H groups in total. The summed E-state index contributed by atoms with van der Waals surface area (Å²) in [6, 6.07) is 20.1. The van der Waals surface area contributed by atoms with E-state index in [1.807, 2.05) is 54.6 Å². The maximum absolute atomic E-state index is 13.0. The zero-order valence-corrected chi connectivity index (χ0v) is 15.1. The highest BCUT2D eigenvalue weighted by Crippen LogP contribution is 2.27. The van der Waals surface area contributed by atoms with Crippen molar-refractivity contribution >= 4 is 11.5 Å². The Kier molecular flexibility index (Phi) is 5.03. The van der Waals surface area contributed by atoms with Gasteiger partial charge in [-0.15, -0.1) is 15.3 Å². The summed E-state index contributed by atoms with van der Waals surface area (Å²) in [5, 5.41) is 13.7. The molecule has 2 aromatic carbocycles.